The summed E-state index contributed by atoms with van der Waals surface area (Å²) >= 11 is 0. The molecule has 0 saturated heterocycles. The van der Waals surface area contributed by atoms with Crippen molar-refractivity contribution in [2.24, 2.45) is 16.7 Å². The first-order valence-corrected chi connectivity index (χ1v) is 6.43. The Morgan fingerprint density at radius 1 is 1.40 bits per heavy atom. The minimum absolute atomic E-state index is 0.0510. The Labute approximate surface area is 93.5 Å². The molecule has 2 rings (SSSR count). The number of hydrogen-bond acceptors (Lipinski definition) is 2. The van der Waals surface area contributed by atoms with Crippen molar-refractivity contribution in [2.75, 3.05) is 13.1 Å². The van der Waals surface area contributed by atoms with Crippen LogP contribution in [0.15, 0.2) is 0 Å². The van der Waals surface area contributed by atoms with Crippen molar-refractivity contribution >= 4 is 0 Å². The van der Waals surface area contributed by atoms with Crippen molar-refractivity contribution in [3.8, 4) is 0 Å². The number of aliphatic hydroxyl groups excluding tert-OH is 1. The molecule has 0 radical (unpaired) electrons. The second-order valence-electron chi connectivity index (χ2n) is 5.97. The van der Waals surface area contributed by atoms with Crippen molar-refractivity contribution in [3.63, 3.8) is 0 Å². The highest BCUT2D eigenvalue weighted by Gasteiger charge is 2.62. The van der Waals surface area contributed by atoms with Crippen molar-refractivity contribution in [3.05, 3.63) is 0 Å². The number of fused-ring (bicyclic) bond motifs is 2. The van der Waals surface area contributed by atoms with Gasteiger partial charge < -0.3 is 10.4 Å². The van der Waals surface area contributed by atoms with E-state index in [2.05, 4.69) is 26.1 Å². The molecule has 0 aromatic rings. The lowest BCUT2D eigenvalue weighted by atomic mass is 9.66. The van der Waals surface area contributed by atoms with Gasteiger partial charge in [0, 0.05) is 5.41 Å². The Balaban J connectivity index is 2.09. The molecule has 2 bridgehead atoms. The Morgan fingerprint density at radius 3 is 2.60 bits per heavy atom. The van der Waals surface area contributed by atoms with Crippen LogP contribution in [0, 0.1) is 16.7 Å². The van der Waals surface area contributed by atoms with Crippen LogP contribution in [0.1, 0.15) is 46.5 Å². The van der Waals surface area contributed by atoms with E-state index in [1.54, 1.807) is 0 Å². The average Bonchev–Trinajstić information content (AvgIpc) is 2.52. The number of nitrogens with one attached hydrogen (secondary N) is 1. The van der Waals surface area contributed by atoms with Crippen molar-refractivity contribution < 1.29 is 5.11 Å². The zero-order chi connectivity index (χ0) is 11.1. The van der Waals surface area contributed by atoms with Crippen LogP contribution in [0.5, 0.6) is 0 Å². The van der Waals surface area contributed by atoms with Crippen LogP contribution in [0.25, 0.3) is 0 Å². The largest absolute Gasteiger partial charge is 0.393 e. The molecule has 0 heterocycles. The molecule has 2 N–H and O–H groups in total. The number of aliphatic hydroxyl groups is 1. The molecular weight excluding hydrogens is 186 g/mol. The standard InChI is InChI=1S/C13H25NO/c1-4-14-8-7-13-6-5-10(9-11(13)15)12(13,2)3/h10-11,14-15H,4-9H2,1-3H3/t10-,11-,13+/m1/s1. The zero-order valence-electron chi connectivity index (χ0n) is 10.3. The monoisotopic (exact) mass is 211 g/mol. The van der Waals surface area contributed by atoms with Crippen molar-refractivity contribution in [1.29, 1.82) is 0 Å². The van der Waals surface area contributed by atoms with Gasteiger partial charge in [0.25, 0.3) is 0 Å². The predicted octanol–water partition coefficient (Wildman–Crippen LogP) is 2.17. The number of hydrogen-bond donors (Lipinski definition) is 2. The van der Waals surface area contributed by atoms with Gasteiger partial charge in [-0.1, -0.05) is 20.8 Å². The summed E-state index contributed by atoms with van der Waals surface area (Å²) in [6.07, 6.45) is 4.70. The lowest BCUT2D eigenvalue weighted by Crippen LogP contribution is -2.41. The Bertz CT molecular complexity index is 239. The molecule has 3 atom stereocenters. The Kier molecular flexibility index (Phi) is 2.85. The molecule has 0 amide bonds. The van der Waals surface area contributed by atoms with E-state index in [9.17, 15) is 5.11 Å². The van der Waals surface area contributed by atoms with E-state index in [1.165, 1.54) is 12.8 Å². The summed E-state index contributed by atoms with van der Waals surface area (Å²) < 4.78 is 0. The smallest absolute Gasteiger partial charge is 0.0605 e. The summed E-state index contributed by atoms with van der Waals surface area (Å²) in [5.41, 5.74) is 0.557. The maximum atomic E-state index is 10.3. The van der Waals surface area contributed by atoms with Crippen LogP contribution in [-0.2, 0) is 0 Å². The molecule has 0 aromatic carbocycles. The minimum atomic E-state index is -0.0510. The summed E-state index contributed by atoms with van der Waals surface area (Å²) in [5, 5.41) is 13.7. The van der Waals surface area contributed by atoms with Crippen LogP contribution in [0.4, 0.5) is 0 Å². The summed E-state index contributed by atoms with van der Waals surface area (Å²) in [7, 11) is 0. The van der Waals surface area contributed by atoms with Gasteiger partial charge in [0.2, 0.25) is 0 Å². The lowest BCUT2D eigenvalue weighted by molar-refractivity contribution is -0.00962. The molecular formula is C13H25NO. The van der Waals surface area contributed by atoms with Crippen LogP contribution in [-0.4, -0.2) is 24.3 Å². The van der Waals surface area contributed by atoms with Gasteiger partial charge >= 0.3 is 0 Å². The molecule has 0 spiro atoms. The van der Waals surface area contributed by atoms with Crippen LogP contribution < -0.4 is 5.32 Å². The zero-order valence-corrected chi connectivity index (χ0v) is 10.3. The van der Waals surface area contributed by atoms with Crippen molar-refractivity contribution in [2.45, 2.75) is 52.6 Å². The Hall–Kier alpha value is -0.0800. The first-order valence-electron chi connectivity index (χ1n) is 6.43. The van der Waals surface area contributed by atoms with E-state index in [4.69, 9.17) is 0 Å². The molecule has 15 heavy (non-hydrogen) atoms. The summed E-state index contributed by atoms with van der Waals surface area (Å²) in [4.78, 5) is 0. The van der Waals surface area contributed by atoms with E-state index >= 15 is 0 Å². The van der Waals surface area contributed by atoms with Gasteiger partial charge in [-0.05, 0) is 50.1 Å². The first-order chi connectivity index (χ1) is 7.04. The maximum absolute atomic E-state index is 10.3. The van der Waals surface area contributed by atoms with Crippen LogP contribution in [0.3, 0.4) is 0 Å². The minimum Gasteiger partial charge on any atom is -0.393 e. The molecule has 2 aliphatic rings. The Morgan fingerprint density at radius 2 is 2.13 bits per heavy atom. The van der Waals surface area contributed by atoms with Crippen LogP contribution >= 0.6 is 0 Å². The highest BCUT2D eigenvalue weighted by Crippen LogP contribution is 2.66. The molecule has 0 aromatic heterocycles. The summed E-state index contributed by atoms with van der Waals surface area (Å²) in [5.74, 6) is 0.758. The second-order valence-corrected chi connectivity index (χ2v) is 5.97. The van der Waals surface area contributed by atoms with Gasteiger partial charge in [-0.25, -0.2) is 0 Å². The third-order valence-corrected chi connectivity index (χ3v) is 5.39. The summed E-state index contributed by atoms with van der Waals surface area (Å²) in [6.45, 7) is 8.98. The highest BCUT2D eigenvalue weighted by atomic mass is 16.3. The predicted molar refractivity (Wildman–Crippen MR) is 62.7 cm³/mol. The fraction of sp³-hybridized carbons (Fsp3) is 1.00. The van der Waals surface area contributed by atoms with Crippen molar-refractivity contribution in [1.82, 2.24) is 5.32 Å². The molecule has 2 saturated carbocycles. The third kappa shape index (κ3) is 1.45. The van der Waals surface area contributed by atoms with Gasteiger partial charge in [-0.2, -0.15) is 0 Å². The van der Waals surface area contributed by atoms with E-state index in [-0.39, 0.29) is 11.5 Å². The summed E-state index contributed by atoms with van der Waals surface area (Å²) in [6, 6.07) is 0. The molecule has 0 aliphatic heterocycles. The topological polar surface area (TPSA) is 32.3 Å². The molecule has 2 heteroatoms. The van der Waals surface area contributed by atoms with E-state index in [0.717, 1.165) is 31.8 Å². The van der Waals surface area contributed by atoms with E-state index < -0.39 is 0 Å². The quantitative estimate of drug-likeness (QED) is 0.699. The van der Waals surface area contributed by atoms with E-state index in [1.807, 2.05) is 0 Å². The van der Waals surface area contributed by atoms with Gasteiger partial charge in [0.15, 0.2) is 0 Å². The SMILES string of the molecule is CCNCC[C@@]12CC[C@H](C[C@H]1O)C2(C)C. The van der Waals surface area contributed by atoms with Gasteiger partial charge in [0.05, 0.1) is 6.10 Å². The normalized spacial score (nSPS) is 42.4. The van der Waals surface area contributed by atoms with Gasteiger partial charge in [0.1, 0.15) is 0 Å². The van der Waals surface area contributed by atoms with Gasteiger partial charge in [-0.3, -0.25) is 0 Å². The number of rotatable bonds is 4. The molecule has 0 unspecified atom stereocenters. The lowest BCUT2D eigenvalue weighted by Gasteiger charge is -2.40. The third-order valence-electron chi connectivity index (χ3n) is 5.39. The highest BCUT2D eigenvalue weighted by molar-refractivity contribution is 5.12. The van der Waals surface area contributed by atoms with E-state index in [0.29, 0.717) is 5.41 Å². The first kappa shape index (κ1) is 11.4. The molecule has 2 fully saturated rings. The van der Waals surface area contributed by atoms with Crippen LogP contribution in [0.2, 0.25) is 0 Å². The fourth-order valence-electron chi connectivity index (χ4n) is 4.13. The average molecular weight is 211 g/mol. The molecule has 2 nitrogen and oxygen atoms in total. The molecule has 88 valence electrons. The fourth-order valence-corrected chi connectivity index (χ4v) is 4.13. The maximum Gasteiger partial charge on any atom is 0.0605 e. The molecule has 2 aliphatic carbocycles. The van der Waals surface area contributed by atoms with Gasteiger partial charge in [-0.15, -0.1) is 0 Å². The second kappa shape index (κ2) is 3.74.